The molecule has 0 radical (unpaired) electrons. The molecule has 0 amide bonds. The van der Waals surface area contributed by atoms with Gasteiger partial charge in [0.2, 0.25) is 4.77 Å². The molecule has 2 aromatic rings. The van der Waals surface area contributed by atoms with E-state index in [0.717, 1.165) is 30.1 Å². The lowest BCUT2D eigenvalue weighted by Gasteiger charge is -2.20. The highest BCUT2D eigenvalue weighted by Gasteiger charge is 2.15. The number of aromatic nitrogens is 3. The summed E-state index contributed by atoms with van der Waals surface area (Å²) in [6.45, 7) is 0. The van der Waals surface area contributed by atoms with Gasteiger partial charge in [0.15, 0.2) is 5.82 Å². The van der Waals surface area contributed by atoms with Crippen molar-refractivity contribution in [1.29, 1.82) is 0 Å². The number of nitrogens with zero attached hydrogens (tertiary/aromatic N) is 3. The van der Waals surface area contributed by atoms with Gasteiger partial charge < -0.3 is 0 Å². The van der Waals surface area contributed by atoms with E-state index in [1.54, 1.807) is 10.9 Å². The molecule has 1 aromatic heterocycles. The molecule has 1 aliphatic rings. The monoisotopic (exact) mass is 348 g/mol. The minimum Gasteiger partial charge on any atom is -0.250 e. The first-order valence-corrected chi connectivity index (χ1v) is 8.97. The number of benzene rings is 1. The van der Waals surface area contributed by atoms with Gasteiger partial charge in [-0.25, -0.2) is 0 Å². The summed E-state index contributed by atoms with van der Waals surface area (Å²) in [7, 11) is 0. The molecule has 122 valence electrons. The number of rotatable bonds is 5. The average Bonchev–Trinajstić information content (AvgIpc) is 2.92. The lowest BCUT2D eigenvalue weighted by Crippen LogP contribution is -2.09. The lowest BCUT2D eigenvalue weighted by molar-refractivity contribution is 0.336. The van der Waals surface area contributed by atoms with Gasteiger partial charge in [-0.05, 0) is 42.3 Å². The van der Waals surface area contributed by atoms with Crippen molar-refractivity contribution in [2.75, 3.05) is 0 Å². The van der Waals surface area contributed by atoms with Crippen LogP contribution in [0.3, 0.4) is 0 Å². The first-order valence-electron chi connectivity index (χ1n) is 8.18. The van der Waals surface area contributed by atoms with Crippen LogP contribution in [0, 0.1) is 10.7 Å². The molecule has 1 aliphatic carbocycles. The number of H-pyrrole nitrogens is 1. The van der Waals surface area contributed by atoms with Crippen LogP contribution < -0.4 is 0 Å². The van der Waals surface area contributed by atoms with E-state index in [-0.39, 0.29) is 0 Å². The quantitative estimate of drug-likeness (QED) is 0.611. The third kappa shape index (κ3) is 4.52. The predicted molar refractivity (Wildman–Crippen MR) is 96.8 cm³/mol. The molecule has 0 aliphatic heterocycles. The largest absolute Gasteiger partial charge is 0.250 e. The number of halogens is 1. The van der Waals surface area contributed by atoms with Gasteiger partial charge in [0.1, 0.15) is 0 Å². The molecule has 1 N–H and O–H groups in total. The third-order valence-corrected chi connectivity index (χ3v) is 4.89. The van der Waals surface area contributed by atoms with Crippen LogP contribution in [0.4, 0.5) is 0 Å². The normalized spacial score (nSPS) is 16.2. The summed E-state index contributed by atoms with van der Waals surface area (Å²) >= 11 is 11.3. The van der Waals surface area contributed by atoms with Crippen LogP contribution in [-0.4, -0.2) is 21.1 Å². The number of aryl methyl sites for hydroxylation is 1. The standard InChI is InChI=1S/C17H21ClN4S/c18-15-8-4-7-14(11-15)12-19-22-16(20-21-17(22)23)10-9-13-5-2-1-3-6-13/h4,7-8,11-13H,1-3,5-6,9-10H2,(H,21,23)/b19-12-. The Morgan fingerprint density at radius 3 is 2.96 bits per heavy atom. The zero-order valence-corrected chi connectivity index (χ0v) is 14.6. The second-order valence-electron chi connectivity index (χ2n) is 6.10. The maximum Gasteiger partial charge on any atom is 0.216 e. The second kappa shape index (κ2) is 7.88. The average molecular weight is 349 g/mol. The van der Waals surface area contributed by atoms with Gasteiger partial charge >= 0.3 is 0 Å². The Balaban J connectivity index is 1.69. The van der Waals surface area contributed by atoms with Crippen LogP contribution >= 0.6 is 23.8 Å². The molecule has 1 saturated carbocycles. The summed E-state index contributed by atoms with van der Waals surface area (Å²) in [6.07, 6.45) is 10.6. The summed E-state index contributed by atoms with van der Waals surface area (Å²) in [5.41, 5.74) is 0.943. The fourth-order valence-corrected chi connectivity index (χ4v) is 3.52. The molecule has 0 atom stereocenters. The summed E-state index contributed by atoms with van der Waals surface area (Å²) in [4.78, 5) is 0. The molecular formula is C17H21ClN4S. The zero-order chi connectivity index (χ0) is 16.1. The van der Waals surface area contributed by atoms with Gasteiger partial charge in [0.05, 0.1) is 6.21 Å². The Morgan fingerprint density at radius 2 is 2.17 bits per heavy atom. The molecule has 0 bridgehead atoms. The minimum atomic E-state index is 0.530. The maximum atomic E-state index is 6.00. The Labute approximate surface area is 146 Å². The Kier molecular flexibility index (Phi) is 5.62. The lowest BCUT2D eigenvalue weighted by atomic mass is 9.86. The fraction of sp³-hybridized carbons (Fsp3) is 0.471. The number of hydrogen-bond acceptors (Lipinski definition) is 3. The van der Waals surface area contributed by atoms with Crippen molar-refractivity contribution >= 4 is 30.0 Å². The summed E-state index contributed by atoms with van der Waals surface area (Å²) in [5, 5.41) is 12.4. The Morgan fingerprint density at radius 1 is 1.35 bits per heavy atom. The van der Waals surface area contributed by atoms with Gasteiger partial charge in [0, 0.05) is 11.4 Å². The van der Waals surface area contributed by atoms with E-state index in [0.29, 0.717) is 9.79 Å². The van der Waals surface area contributed by atoms with Crippen LogP contribution in [0.5, 0.6) is 0 Å². The van der Waals surface area contributed by atoms with Crippen LogP contribution in [-0.2, 0) is 6.42 Å². The number of aromatic amines is 1. The van der Waals surface area contributed by atoms with E-state index in [4.69, 9.17) is 23.8 Å². The second-order valence-corrected chi connectivity index (χ2v) is 6.92. The van der Waals surface area contributed by atoms with Crippen molar-refractivity contribution < 1.29 is 0 Å². The third-order valence-electron chi connectivity index (χ3n) is 4.39. The Hall–Kier alpha value is -1.46. The first kappa shape index (κ1) is 16.4. The van der Waals surface area contributed by atoms with Gasteiger partial charge in [-0.2, -0.15) is 14.9 Å². The highest BCUT2D eigenvalue weighted by Crippen LogP contribution is 2.27. The van der Waals surface area contributed by atoms with Crippen LogP contribution in [0.2, 0.25) is 5.02 Å². The van der Waals surface area contributed by atoms with E-state index in [1.165, 1.54) is 32.1 Å². The van der Waals surface area contributed by atoms with Crippen LogP contribution in [0.25, 0.3) is 0 Å². The molecule has 1 aromatic carbocycles. The summed E-state index contributed by atoms with van der Waals surface area (Å²) in [6, 6.07) is 7.58. The highest BCUT2D eigenvalue weighted by molar-refractivity contribution is 7.71. The van der Waals surface area contributed by atoms with Crippen LogP contribution in [0.1, 0.15) is 49.9 Å². The zero-order valence-electron chi connectivity index (χ0n) is 13.0. The molecular weight excluding hydrogens is 328 g/mol. The molecule has 0 saturated heterocycles. The Bertz CT molecular complexity index is 728. The summed E-state index contributed by atoms with van der Waals surface area (Å²) in [5.74, 6) is 1.72. The smallest absolute Gasteiger partial charge is 0.216 e. The highest BCUT2D eigenvalue weighted by atomic mass is 35.5. The molecule has 3 rings (SSSR count). The van der Waals surface area contributed by atoms with Crippen molar-refractivity contribution in [1.82, 2.24) is 14.9 Å². The molecule has 23 heavy (non-hydrogen) atoms. The van der Waals surface area contributed by atoms with Crippen molar-refractivity contribution in [3.05, 3.63) is 45.4 Å². The van der Waals surface area contributed by atoms with Crippen molar-refractivity contribution in [3.8, 4) is 0 Å². The molecule has 0 spiro atoms. The number of nitrogens with one attached hydrogen (secondary N) is 1. The SMILES string of the molecule is S=c1[nH]nc(CCC2CCCCC2)n1/N=C\c1cccc(Cl)c1. The van der Waals surface area contributed by atoms with E-state index in [1.807, 2.05) is 24.3 Å². The molecule has 0 unspecified atom stereocenters. The molecule has 1 fully saturated rings. The van der Waals surface area contributed by atoms with Crippen LogP contribution in [0.15, 0.2) is 29.4 Å². The predicted octanol–water partition coefficient (Wildman–Crippen LogP) is 4.99. The van der Waals surface area contributed by atoms with E-state index in [9.17, 15) is 0 Å². The minimum absolute atomic E-state index is 0.530. The van der Waals surface area contributed by atoms with Crippen molar-refractivity contribution in [2.45, 2.75) is 44.9 Å². The fourth-order valence-electron chi connectivity index (χ4n) is 3.13. The first-order chi connectivity index (χ1) is 11.2. The number of hydrogen-bond donors (Lipinski definition) is 1. The summed E-state index contributed by atoms with van der Waals surface area (Å²) < 4.78 is 2.25. The molecule has 4 nitrogen and oxygen atoms in total. The van der Waals surface area contributed by atoms with Crippen molar-refractivity contribution in [3.63, 3.8) is 0 Å². The van der Waals surface area contributed by atoms with E-state index >= 15 is 0 Å². The van der Waals surface area contributed by atoms with Gasteiger partial charge in [-0.3, -0.25) is 5.10 Å². The maximum absolute atomic E-state index is 6.00. The van der Waals surface area contributed by atoms with E-state index < -0.39 is 0 Å². The molecule has 1 heterocycles. The van der Waals surface area contributed by atoms with Gasteiger partial charge in [-0.15, -0.1) is 0 Å². The van der Waals surface area contributed by atoms with Crippen molar-refractivity contribution in [2.24, 2.45) is 11.0 Å². The van der Waals surface area contributed by atoms with Gasteiger partial charge in [0.25, 0.3) is 0 Å². The molecule has 6 heteroatoms. The van der Waals surface area contributed by atoms with Gasteiger partial charge in [-0.1, -0.05) is 55.8 Å². The van der Waals surface area contributed by atoms with E-state index in [2.05, 4.69) is 15.3 Å². The topological polar surface area (TPSA) is 46.0 Å².